The maximum atomic E-state index is 14.9. The SMILES string of the molecule is CNc1cc2c(C3CC3)c(=O)n(-c3cc(NC(=O)Nc4ccccc4F)c(F)cc3F)cc2cn1. The van der Waals surface area contributed by atoms with E-state index in [4.69, 9.17) is 0 Å². The summed E-state index contributed by atoms with van der Waals surface area (Å²) in [6, 6.07) is 7.93. The second-order valence-corrected chi connectivity index (χ2v) is 8.24. The normalized spacial score (nSPS) is 13.0. The first kappa shape index (κ1) is 22.5. The molecule has 178 valence electrons. The van der Waals surface area contributed by atoms with E-state index in [-0.39, 0.29) is 23.0 Å². The molecule has 2 aromatic carbocycles. The Bertz CT molecular complexity index is 1530. The third-order valence-electron chi connectivity index (χ3n) is 5.85. The van der Waals surface area contributed by atoms with E-state index < -0.39 is 29.0 Å². The van der Waals surface area contributed by atoms with E-state index in [1.54, 1.807) is 19.3 Å². The zero-order valence-electron chi connectivity index (χ0n) is 18.5. The Hall–Kier alpha value is -4.34. The fourth-order valence-corrected chi connectivity index (χ4v) is 3.98. The van der Waals surface area contributed by atoms with Gasteiger partial charge in [-0.05, 0) is 48.4 Å². The maximum Gasteiger partial charge on any atom is 0.323 e. The average Bonchev–Trinajstić information content (AvgIpc) is 3.67. The number of halogens is 3. The van der Waals surface area contributed by atoms with Crippen LogP contribution in [-0.2, 0) is 0 Å². The summed E-state index contributed by atoms with van der Waals surface area (Å²) in [5.74, 6) is -2.07. The van der Waals surface area contributed by atoms with Crippen LogP contribution in [0.25, 0.3) is 16.5 Å². The number of para-hydroxylation sites is 1. The van der Waals surface area contributed by atoms with E-state index in [1.807, 2.05) is 0 Å². The molecule has 4 aromatic rings. The number of nitrogens with zero attached hydrogens (tertiary/aromatic N) is 2. The van der Waals surface area contributed by atoms with Gasteiger partial charge in [0.05, 0.1) is 17.1 Å². The maximum absolute atomic E-state index is 14.9. The lowest BCUT2D eigenvalue weighted by Gasteiger charge is -2.15. The van der Waals surface area contributed by atoms with Crippen molar-refractivity contribution in [2.45, 2.75) is 18.8 Å². The number of amides is 2. The first-order valence-corrected chi connectivity index (χ1v) is 10.9. The predicted octanol–water partition coefficient (Wildman–Crippen LogP) is 5.37. The van der Waals surface area contributed by atoms with Crippen molar-refractivity contribution in [1.82, 2.24) is 9.55 Å². The smallest absolute Gasteiger partial charge is 0.323 e. The molecule has 2 amide bonds. The molecule has 0 aliphatic heterocycles. The largest absolute Gasteiger partial charge is 0.373 e. The van der Waals surface area contributed by atoms with Crippen LogP contribution in [0.15, 0.2) is 59.7 Å². The molecule has 0 saturated heterocycles. The van der Waals surface area contributed by atoms with Gasteiger partial charge in [-0.25, -0.2) is 22.9 Å². The molecule has 3 N–H and O–H groups in total. The number of benzene rings is 2. The summed E-state index contributed by atoms with van der Waals surface area (Å²) in [6.45, 7) is 0. The highest BCUT2D eigenvalue weighted by atomic mass is 19.1. The van der Waals surface area contributed by atoms with Crippen LogP contribution in [0, 0.1) is 17.5 Å². The first-order valence-electron chi connectivity index (χ1n) is 10.9. The highest BCUT2D eigenvalue weighted by molar-refractivity contribution is 6.00. The molecule has 1 aliphatic carbocycles. The Balaban J connectivity index is 1.56. The fraction of sp³-hybridized carbons (Fsp3) is 0.160. The third kappa shape index (κ3) is 4.30. The van der Waals surface area contributed by atoms with Crippen molar-refractivity contribution in [1.29, 1.82) is 0 Å². The van der Waals surface area contributed by atoms with Gasteiger partial charge in [0.1, 0.15) is 23.3 Å². The van der Waals surface area contributed by atoms with Crippen LogP contribution in [0.3, 0.4) is 0 Å². The molecule has 35 heavy (non-hydrogen) atoms. The highest BCUT2D eigenvalue weighted by Crippen LogP contribution is 2.41. The molecule has 0 unspecified atom stereocenters. The number of nitrogens with one attached hydrogen (secondary N) is 3. The van der Waals surface area contributed by atoms with E-state index in [0.717, 1.165) is 34.9 Å². The topological polar surface area (TPSA) is 88.0 Å². The van der Waals surface area contributed by atoms with E-state index in [0.29, 0.717) is 22.8 Å². The van der Waals surface area contributed by atoms with Gasteiger partial charge in [-0.3, -0.25) is 9.36 Å². The van der Waals surface area contributed by atoms with Gasteiger partial charge >= 0.3 is 6.03 Å². The van der Waals surface area contributed by atoms with Gasteiger partial charge in [-0.2, -0.15) is 0 Å². The lowest BCUT2D eigenvalue weighted by molar-refractivity contribution is 0.262. The summed E-state index contributed by atoms with van der Waals surface area (Å²) in [4.78, 5) is 30.0. The minimum Gasteiger partial charge on any atom is -0.373 e. The van der Waals surface area contributed by atoms with E-state index in [9.17, 15) is 22.8 Å². The summed E-state index contributed by atoms with van der Waals surface area (Å²) < 4.78 is 44.3. The Morgan fingerprint density at radius 1 is 1.00 bits per heavy atom. The van der Waals surface area contributed by atoms with Crippen LogP contribution < -0.4 is 21.5 Å². The number of rotatable bonds is 5. The molecule has 0 atom stereocenters. The predicted molar refractivity (Wildman–Crippen MR) is 128 cm³/mol. The van der Waals surface area contributed by atoms with Crippen LogP contribution >= 0.6 is 0 Å². The fourth-order valence-electron chi connectivity index (χ4n) is 3.98. The molecule has 1 fully saturated rings. The number of urea groups is 1. The molecule has 0 radical (unpaired) electrons. The lowest BCUT2D eigenvalue weighted by atomic mass is 10.0. The number of carbonyl (C=O) groups is 1. The van der Waals surface area contributed by atoms with E-state index in [2.05, 4.69) is 20.9 Å². The number of anilines is 3. The quantitative estimate of drug-likeness (QED) is 0.359. The molecular formula is C25H20F3N5O2. The number of hydrogen-bond donors (Lipinski definition) is 3. The minimum absolute atomic E-state index is 0.0391. The molecule has 1 saturated carbocycles. The van der Waals surface area contributed by atoms with Crippen LogP contribution in [-0.4, -0.2) is 22.6 Å². The molecule has 10 heteroatoms. The van der Waals surface area contributed by atoms with Crippen molar-refractivity contribution < 1.29 is 18.0 Å². The second-order valence-electron chi connectivity index (χ2n) is 8.24. The van der Waals surface area contributed by atoms with Gasteiger partial charge < -0.3 is 16.0 Å². The Labute approximate surface area is 197 Å². The van der Waals surface area contributed by atoms with Crippen molar-refractivity contribution in [2.75, 3.05) is 23.0 Å². The van der Waals surface area contributed by atoms with Gasteiger partial charge in [-0.15, -0.1) is 0 Å². The lowest BCUT2D eigenvalue weighted by Crippen LogP contribution is -2.24. The standard InChI is InChI=1S/C25H20F3N5O2/c1-29-22-8-15-14(11-30-22)12-33(24(34)23(15)13-6-7-13)21-10-20(17(27)9-18(21)28)32-25(35)31-19-5-3-2-4-16(19)26/h2-5,8-13,29H,6-7H2,1H3,(H2,31,32,35). The molecule has 1 aliphatic rings. The van der Waals surface area contributed by atoms with Crippen molar-refractivity contribution >= 4 is 34.0 Å². The van der Waals surface area contributed by atoms with E-state index in [1.165, 1.54) is 24.4 Å². The average molecular weight is 479 g/mol. The van der Waals surface area contributed by atoms with Crippen LogP contribution in [0.1, 0.15) is 24.3 Å². The van der Waals surface area contributed by atoms with Crippen molar-refractivity contribution in [3.8, 4) is 5.69 Å². The van der Waals surface area contributed by atoms with Crippen molar-refractivity contribution in [2.24, 2.45) is 0 Å². The van der Waals surface area contributed by atoms with Gasteiger partial charge in [0.25, 0.3) is 5.56 Å². The summed E-state index contributed by atoms with van der Waals surface area (Å²) in [6.07, 6.45) is 4.68. The minimum atomic E-state index is -1.05. The highest BCUT2D eigenvalue weighted by Gasteiger charge is 2.30. The van der Waals surface area contributed by atoms with Gasteiger partial charge in [0.15, 0.2) is 0 Å². The summed E-state index contributed by atoms with van der Waals surface area (Å²) in [5, 5.41) is 8.80. The zero-order chi connectivity index (χ0) is 24.7. The molecule has 5 rings (SSSR count). The number of fused-ring (bicyclic) bond motifs is 1. The zero-order valence-corrected chi connectivity index (χ0v) is 18.5. The number of hydrogen-bond acceptors (Lipinski definition) is 4. The van der Waals surface area contributed by atoms with Crippen LogP contribution in [0.2, 0.25) is 0 Å². The monoisotopic (exact) mass is 479 g/mol. The second kappa shape index (κ2) is 8.79. The molecular weight excluding hydrogens is 459 g/mol. The Morgan fingerprint density at radius 2 is 1.74 bits per heavy atom. The Kier molecular flexibility index (Phi) is 5.64. The Morgan fingerprint density at radius 3 is 2.46 bits per heavy atom. The summed E-state index contributed by atoms with van der Waals surface area (Å²) in [5.41, 5.74) is -0.614. The third-order valence-corrected chi connectivity index (χ3v) is 5.85. The molecule has 2 aromatic heterocycles. The molecule has 0 bridgehead atoms. The van der Waals surface area contributed by atoms with Gasteiger partial charge in [0.2, 0.25) is 0 Å². The molecule has 0 spiro atoms. The van der Waals surface area contributed by atoms with Crippen molar-refractivity contribution in [3.63, 3.8) is 0 Å². The summed E-state index contributed by atoms with van der Waals surface area (Å²) >= 11 is 0. The molecule has 2 heterocycles. The van der Waals surface area contributed by atoms with Crippen molar-refractivity contribution in [3.05, 3.63) is 88.2 Å². The number of pyridine rings is 2. The molecule has 7 nitrogen and oxygen atoms in total. The number of carbonyl (C=O) groups excluding carboxylic acids is 1. The van der Waals surface area contributed by atoms with E-state index >= 15 is 0 Å². The summed E-state index contributed by atoms with van der Waals surface area (Å²) in [7, 11) is 1.72. The van der Waals surface area contributed by atoms with Gasteiger partial charge in [0, 0.05) is 36.5 Å². The first-order chi connectivity index (χ1) is 16.9. The van der Waals surface area contributed by atoms with Crippen LogP contribution in [0.4, 0.5) is 35.2 Å². The van der Waals surface area contributed by atoms with Crippen LogP contribution in [0.5, 0.6) is 0 Å². The number of aromatic nitrogens is 2. The van der Waals surface area contributed by atoms with Gasteiger partial charge in [-0.1, -0.05) is 12.1 Å².